The zero-order valence-electron chi connectivity index (χ0n) is 14.5. The van der Waals surface area contributed by atoms with Crippen LogP contribution in [0, 0.1) is 28.6 Å². The van der Waals surface area contributed by atoms with Gasteiger partial charge in [-0.15, -0.1) is 0 Å². The summed E-state index contributed by atoms with van der Waals surface area (Å²) in [6.45, 7) is 9.47. The van der Waals surface area contributed by atoms with E-state index in [1.54, 1.807) is 11.1 Å². The van der Waals surface area contributed by atoms with Gasteiger partial charge < -0.3 is 4.74 Å². The van der Waals surface area contributed by atoms with Crippen LogP contribution in [-0.2, 0) is 4.74 Å². The summed E-state index contributed by atoms with van der Waals surface area (Å²) in [5.41, 5.74) is 3.93. The summed E-state index contributed by atoms with van der Waals surface area (Å²) in [6.07, 6.45) is 14.0. The van der Waals surface area contributed by atoms with Gasteiger partial charge >= 0.3 is 0 Å². The Labute approximate surface area is 135 Å². The van der Waals surface area contributed by atoms with Crippen LogP contribution in [-0.4, -0.2) is 7.11 Å². The van der Waals surface area contributed by atoms with E-state index in [1.165, 1.54) is 44.3 Å². The highest BCUT2D eigenvalue weighted by Crippen LogP contribution is 2.65. The molecule has 2 fully saturated rings. The highest BCUT2D eigenvalue weighted by Gasteiger charge is 2.56. The molecule has 1 heteroatoms. The smallest absolute Gasteiger partial charge is 0.0958 e. The maximum Gasteiger partial charge on any atom is 0.0958 e. The van der Waals surface area contributed by atoms with E-state index in [0.29, 0.717) is 10.8 Å². The van der Waals surface area contributed by atoms with Gasteiger partial charge in [0.15, 0.2) is 0 Å². The predicted molar refractivity (Wildman–Crippen MR) is 91.3 cm³/mol. The quantitative estimate of drug-likeness (QED) is 0.569. The Morgan fingerprint density at radius 2 is 1.86 bits per heavy atom. The Kier molecular flexibility index (Phi) is 3.16. The maximum absolute atomic E-state index is 5.53. The molecule has 5 atom stereocenters. The van der Waals surface area contributed by atoms with Crippen molar-refractivity contribution in [1.29, 1.82) is 0 Å². The molecular formula is C21H30O. The van der Waals surface area contributed by atoms with E-state index < -0.39 is 0 Å². The standard InChI is InChI=1S/C21H30O/c1-14-5-8-18-17-7-6-15-13-16(22-4)9-11-21(15,3)19(17)10-12-20(14,18)2/h6,13,17-19H,1,5,7-12H2,2-4H3. The van der Waals surface area contributed by atoms with Gasteiger partial charge in [-0.05, 0) is 78.8 Å². The average Bonchev–Trinajstić information content (AvgIpc) is 2.82. The second-order valence-electron chi connectivity index (χ2n) is 8.60. The minimum Gasteiger partial charge on any atom is -0.501 e. The first kappa shape index (κ1) is 14.6. The summed E-state index contributed by atoms with van der Waals surface area (Å²) in [4.78, 5) is 0. The molecule has 0 bridgehead atoms. The van der Waals surface area contributed by atoms with Crippen molar-refractivity contribution in [2.24, 2.45) is 28.6 Å². The van der Waals surface area contributed by atoms with E-state index in [2.05, 4.69) is 32.6 Å². The van der Waals surface area contributed by atoms with Crippen molar-refractivity contribution in [2.75, 3.05) is 7.11 Å². The molecular weight excluding hydrogens is 268 g/mol. The molecule has 0 N–H and O–H groups in total. The number of allylic oxidation sites excluding steroid dienone is 5. The summed E-state index contributed by atoms with van der Waals surface area (Å²) in [6, 6.07) is 0. The largest absolute Gasteiger partial charge is 0.501 e. The van der Waals surface area contributed by atoms with E-state index in [1.807, 2.05) is 7.11 Å². The minimum absolute atomic E-state index is 0.385. The Morgan fingerprint density at radius 3 is 2.64 bits per heavy atom. The summed E-state index contributed by atoms with van der Waals surface area (Å²) in [5.74, 6) is 3.80. The predicted octanol–water partition coefficient (Wildman–Crippen LogP) is 5.65. The molecule has 1 nitrogen and oxygen atoms in total. The van der Waals surface area contributed by atoms with Crippen molar-refractivity contribution in [3.8, 4) is 0 Å². The molecule has 2 saturated carbocycles. The minimum atomic E-state index is 0.385. The van der Waals surface area contributed by atoms with Gasteiger partial charge in [-0.3, -0.25) is 0 Å². The number of fused-ring (bicyclic) bond motifs is 5. The lowest BCUT2D eigenvalue weighted by atomic mass is 9.48. The molecule has 4 aliphatic rings. The van der Waals surface area contributed by atoms with E-state index in [9.17, 15) is 0 Å². The van der Waals surface area contributed by atoms with Crippen LogP contribution >= 0.6 is 0 Å². The highest BCUT2D eigenvalue weighted by atomic mass is 16.5. The molecule has 4 rings (SSSR count). The van der Waals surface area contributed by atoms with E-state index in [4.69, 9.17) is 4.74 Å². The van der Waals surface area contributed by atoms with Crippen LogP contribution in [0.4, 0.5) is 0 Å². The summed E-state index contributed by atoms with van der Waals surface area (Å²) in [7, 11) is 1.82. The molecule has 0 aliphatic heterocycles. The van der Waals surface area contributed by atoms with Crippen LogP contribution in [0.15, 0.2) is 35.6 Å². The van der Waals surface area contributed by atoms with Gasteiger partial charge in [0, 0.05) is 6.42 Å². The normalized spacial score (nSPS) is 47.0. The second kappa shape index (κ2) is 4.76. The zero-order valence-corrected chi connectivity index (χ0v) is 14.5. The van der Waals surface area contributed by atoms with Crippen molar-refractivity contribution in [3.63, 3.8) is 0 Å². The van der Waals surface area contributed by atoms with Crippen LogP contribution in [0.5, 0.6) is 0 Å². The van der Waals surface area contributed by atoms with Crippen LogP contribution in [0.1, 0.15) is 58.8 Å². The fraction of sp³-hybridized carbons (Fsp3) is 0.714. The number of hydrogen-bond acceptors (Lipinski definition) is 1. The van der Waals surface area contributed by atoms with Crippen molar-refractivity contribution in [1.82, 2.24) is 0 Å². The van der Waals surface area contributed by atoms with Gasteiger partial charge in [-0.2, -0.15) is 0 Å². The fourth-order valence-electron chi connectivity index (χ4n) is 6.37. The topological polar surface area (TPSA) is 9.23 Å². The van der Waals surface area contributed by atoms with Gasteiger partial charge in [0.1, 0.15) is 0 Å². The van der Waals surface area contributed by atoms with E-state index >= 15 is 0 Å². The van der Waals surface area contributed by atoms with Gasteiger partial charge in [-0.1, -0.05) is 32.1 Å². The zero-order chi connectivity index (χ0) is 15.5. The Balaban J connectivity index is 1.71. The molecule has 0 heterocycles. The molecule has 0 saturated heterocycles. The Bertz CT molecular complexity index is 568. The molecule has 5 unspecified atom stereocenters. The molecule has 0 aromatic rings. The molecule has 0 aromatic heterocycles. The third kappa shape index (κ3) is 1.77. The summed E-state index contributed by atoms with van der Waals surface area (Å²) < 4.78 is 5.53. The van der Waals surface area contributed by atoms with Crippen molar-refractivity contribution in [2.45, 2.75) is 58.8 Å². The highest BCUT2D eigenvalue weighted by molar-refractivity contribution is 5.36. The first-order valence-corrected chi connectivity index (χ1v) is 9.12. The molecule has 0 amide bonds. The van der Waals surface area contributed by atoms with Gasteiger partial charge in [0.05, 0.1) is 12.9 Å². The number of rotatable bonds is 1. The monoisotopic (exact) mass is 298 g/mol. The summed E-state index contributed by atoms with van der Waals surface area (Å²) >= 11 is 0. The molecule has 0 radical (unpaired) electrons. The molecule has 0 spiro atoms. The Hall–Kier alpha value is -0.980. The number of methoxy groups -OCH3 is 1. The summed E-state index contributed by atoms with van der Waals surface area (Å²) in [5, 5.41) is 0. The lowest BCUT2D eigenvalue weighted by Gasteiger charge is -2.56. The molecule has 120 valence electrons. The van der Waals surface area contributed by atoms with Crippen LogP contribution in [0.2, 0.25) is 0 Å². The van der Waals surface area contributed by atoms with E-state index in [-0.39, 0.29) is 0 Å². The number of hydrogen-bond donors (Lipinski definition) is 0. The van der Waals surface area contributed by atoms with Crippen LogP contribution < -0.4 is 0 Å². The lowest BCUT2D eigenvalue weighted by Crippen LogP contribution is -2.48. The fourth-order valence-corrected chi connectivity index (χ4v) is 6.37. The average molecular weight is 298 g/mol. The van der Waals surface area contributed by atoms with Crippen molar-refractivity contribution in [3.05, 3.63) is 35.6 Å². The van der Waals surface area contributed by atoms with Crippen LogP contribution in [0.3, 0.4) is 0 Å². The van der Waals surface area contributed by atoms with Crippen molar-refractivity contribution < 1.29 is 4.74 Å². The van der Waals surface area contributed by atoms with E-state index in [0.717, 1.165) is 24.2 Å². The van der Waals surface area contributed by atoms with Gasteiger partial charge in [0.2, 0.25) is 0 Å². The SMILES string of the molecule is C=C1CCC2C3CC=C4C=C(OC)CCC4(C)C3CCC12C. The number of ether oxygens (including phenoxy) is 1. The van der Waals surface area contributed by atoms with Crippen LogP contribution in [0.25, 0.3) is 0 Å². The Morgan fingerprint density at radius 1 is 1.09 bits per heavy atom. The third-order valence-corrected chi connectivity index (χ3v) is 7.95. The molecule has 4 aliphatic carbocycles. The first-order valence-electron chi connectivity index (χ1n) is 9.12. The molecule has 0 aromatic carbocycles. The van der Waals surface area contributed by atoms with Gasteiger partial charge in [-0.25, -0.2) is 0 Å². The lowest BCUT2D eigenvalue weighted by molar-refractivity contribution is -0.00817. The second-order valence-corrected chi connectivity index (χ2v) is 8.60. The first-order chi connectivity index (χ1) is 10.5. The molecule has 22 heavy (non-hydrogen) atoms. The maximum atomic E-state index is 5.53. The van der Waals surface area contributed by atoms with Gasteiger partial charge in [0.25, 0.3) is 0 Å². The third-order valence-electron chi connectivity index (χ3n) is 7.95. The van der Waals surface area contributed by atoms with Crippen molar-refractivity contribution >= 4 is 0 Å².